The van der Waals surface area contributed by atoms with Crippen LogP contribution < -0.4 is 10.1 Å². The van der Waals surface area contributed by atoms with Gasteiger partial charge in [-0.3, -0.25) is 4.79 Å². The third-order valence-corrected chi connectivity index (χ3v) is 4.09. The summed E-state index contributed by atoms with van der Waals surface area (Å²) in [6.45, 7) is 4.37. The number of carbonyl (C=O) groups is 2. The summed E-state index contributed by atoms with van der Waals surface area (Å²) in [4.78, 5) is 24.0. The van der Waals surface area contributed by atoms with E-state index in [1.165, 1.54) is 0 Å². The molecule has 6 heteroatoms. The lowest BCUT2D eigenvalue weighted by atomic mass is 10.1. The van der Waals surface area contributed by atoms with Gasteiger partial charge in [0.25, 0.3) is 5.91 Å². The molecule has 130 valence electrons. The highest BCUT2D eigenvalue weighted by molar-refractivity contribution is 5.94. The van der Waals surface area contributed by atoms with Gasteiger partial charge in [-0.15, -0.1) is 0 Å². The molecule has 1 N–H and O–H groups in total. The Morgan fingerprint density at radius 3 is 2.96 bits per heavy atom. The first kappa shape index (κ1) is 17.0. The van der Waals surface area contributed by atoms with E-state index in [9.17, 15) is 9.59 Å². The molecule has 1 aromatic carbocycles. The van der Waals surface area contributed by atoms with E-state index in [1.54, 1.807) is 10.7 Å². The van der Waals surface area contributed by atoms with Crippen LogP contribution in [0.1, 0.15) is 35.9 Å². The van der Waals surface area contributed by atoms with Crippen molar-refractivity contribution in [2.24, 2.45) is 0 Å². The SMILES string of the molecule is C/C1=C\C[C@@H](C=O)NC(=O)c2cc(C)nn2-c2cccc(c2)OCC1. The molecule has 1 aromatic heterocycles. The Morgan fingerprint density at radius 1 is 1.32 bits per heavy atom. The summed E-state index contributed by atoms with van der Waals surface area (Å²) in [6, 6.07) is 8.60. The molecule has 0 fully saturated rings. The summed E-state index contributed by atoms with van der Waals surface area (Å²) in [5, 5.41) is 7.18. The summed E-state index contributed by atoms with van der Waals surface area (Å²) < 4.78 is 7.39. The molecule has 0 saturated heterocycles. The molecule has 2 bridgehead atoms. The van der Waals surface area contributed by atoms with Crippen molar-refractivity contribution in [3.63, 3.8) is 0 Å². The average Bonchev–Trinajstić information content (AvgIpc) is 3.00. The maximum absolute atomic E-state index is 12.7. The Bertz CT molecular complexity index is 823. The van der Waals surface area contributed by atoms with Gasteiger partial charge in [0.1, 0.15) is 17.7 Å². The smallest absolute Gasteiger partial charge is 0.270 e. The zero-order valence-corrected chi connectivity index (χ0v) is 14.4. The second kappa shape index (κ2) is 7.34. The van der Waals surface area contributed by atoms with Gasteiger partial charge in [0.15, 0.2) is 0 Å². The van der Waals surface area contributed by atoms with Crippen LogP contribution in [-0.4, -0.2) is 34.6 Å². The summed E-state index contributed by atoms with van der Waals surface area (Å²) >= 11 is 0. The Labute approximate surface area is 146 Å². The lowest BCUT2D eigenvalue weighted by Crippen LogP contribution is -2.36. The molecule has 1 aliphatic heterocycles. The van der Waals surface area contributed by atoms with Gasteiger partial charge in [-0.05, 0) is 38.5 Å². The van der Waals surface area contributed by atoms with Crippen LogP contribution in [0.2, 0.25) is 0 Å². The van der Waals surface area contributed by atoms with Gasteiger partial charge in [0.05, 0.1) is 24.0 Å². The third-order valence-electron chi connectivity index (χ3n) is 4.09. The molecule has 0 aliphatic carbocycles. The monoisotopic (exact) mass is 339 g/mol. The van der Waals surface area contributed by atoms with E-state index >= 15 is 0 Å². The van der Waals surface area contributed by atoms with Crippen molar-refractivity contribution < 1.29 is 14.3 Å². The second-order valence-corrected chi connectivity index (χ2v) is 6.18. The number of aromatic nitrogens is 2. The zero-order chi connectivity index (χ0) is 17.8. The normalized spacial score (nSPS) is 20.3. The number of ether oxygens (including phenoxy) is 1. The molecule has 3 rings (SSSR count). The Hall–Kier alpha value is -2.89. The van der Waals surface area contributed by atoms with E-state index < -0.39 is 6.04 Å². The van der Waals surface area contributed by atoms with Gasteiger partial charge >= 0.3 is 0 Å². The van der Waals surface area contributed by atoms with Crippen LogP contribution >= 0.6 is 0 Å². The van der Waals surface area contributed by atoms with Gasteiger partial charge in [-0.1, -0.05) is 17.7 Å². The fourth-order valence-corrected chi connectivity index (χ4v) is 2.71. The van der Waals surface area contributed by atoms with Crippen molar-refractivity contribution in [3.05, 3.63) is 53.4 Å². The van der Waals surface area contributed by atoms with Crippen LogP contribution in [0.5, 0.6) is 5.75 Å². The Balaban J connectivity index is 2.04. The Kier molecular flexibility index (Phi) is 4.97. The van der Waals surface area contributed by atoms with E-state index in [0.717, 1.165) is 35.4 Å². The summed E-state index contributed by atoms with van der Waals surface area (Å²) in [5.41, 5.74) is 2.97. The molecule has 2 aromatic rings. The van der Waals surface area contributed by atoms with E-state index in [1.807, 2.05) is 44.2 Å². The molecule has 0 spiro atoms. The van der Waals surface area contributed by atoms with Crippen LogP contribution in [0.4, 0.5) is 0 Å². The number of nitrogens with one attached hydrogen (secondary N) is 1. The van der Waals surface area contributed by atoms with Gasteiger partial charge in [0.2, 0.25) is 0 Å². The lowest BCUT2D eigenvalue weighted by molar-refractivity contribution is -0.109. The van der Waals surface area contributed by atoms with Crippen LogP contribution in [0.3, 0.4) is 0 Å². The first-order chi connectivity index (χ1) is 12.1. The number of hydrogen-bond donors (Lipinski definition) is 1. The molecule has 6 nitrogen and oxygen atoms in total. The molecule has 0 unspecified atom stereocenters. The average molecular weight is 339 g/mol. The van der Waals surface area contributed by atoms with E-state index in [-0.39, 0.29) is 5.91 Å². The van der Waals surface area contributed by atoms with Crippen molar-refractivity contribution in [1.29, 1.82) is 0 Å². The minimum atomic E-state index is -0.568. The van der Waals surface area contributed by atoms with Crippen molar-refractivity contribution in [2.75, 3.05) is 6.61 Å². The zero-order valence-electron chi connectivity index (χ0n) is 14.4. The second-order valence-electron chi connectivity index (χ2n) is 6.18. The minimum Gasteiger partial charge on any atom is -0.493 e. The highest BCUT2D eigenvalue weighted by Gasteiger charge is 2.19. The van der Waals surface area contributed by atoms with Crippen molar-refractivity contribution in [1.82, 2.24) is 15.1 Å². The molecule has 0 saturated carbocycles. The van der Waals surface area contributed by atoms with E-state index in [4.69, 9.17) is 4.74 Å². The summed E-state index contributed by atoms with van der Waals surface area (Å²) in [5.74, 6) is 0.403. The molecule has 1 atom stereocenters. The number of aryl methyl sites for hydroxylation is 1. The lowest BCUT2D eigenvalue weighted by Gasteiger charge is -2.15. The van der Waals surface area contributed by atoms with Gasteiger partial charge in [-0.2, -0.15) is 5.10 Å². The van der Waals surface area contributed by atoms with Gasteiger partial charge in [0, 0.05) is 12.5 Å². The van der Waals surface area contributed by atoms with E-state index in [0.29, 0.717) is 18.7 Å². The molecule has 0 radical (unpaired) electrons. The summed E-state index contributed by atoms with van der Waals surface area (Å²) in [6.07, 6.45) is 3.95. The highest BCUT2D eigenvalue weighted by atomic mass is 16.5. The minimum absolute atomic E-state index is 0.327. The van der Waals surface area contributed by atoms with Crippen LogP contribution in [-0.2, 0) is 4.79 Å². The number of fused-ring (bicyclic) bond motifs is 4. The van der Waals surface area contributed by atoms with Crippen molar-refractivity contribution in [2.45, 2.75) is 32.7 Å². The number of benzene rings is 1. The predicted octanol–water partition coefficient (Wildman–Crippen LogP) is 2.60. The number of hydrogen-bond acceptors (Lipinski definition) is 4. The van der Waals surface area contributed by atoms with Crippen LogP contribution in [0.25, 0.3) is 5.69 Å². The highest BCUT2D eigenvalue weighted by Crippen LogP contribution is 2.20. The van der Waals surface area contributed by atoms with Gasteiger partial charge in [-0.25, -0.2) is 4.68 Å². The maximum atomic E-state index is 12.7. The molecule has 25 heavy (non-hydrogen) atoms. The standard InChI is InChI=1S/C19H21N3O3/c1-13-6-7-15(12-23)20-19(24)18-10-14(2)21-22(18)16-4-3-5-17(11-16)25-9-8-13/h3-6,10-12,15H,7-9H2,1-2H3,(H,20,24)/b13-6+/t15-/m0/s1. The maximum Gasteiger partial charge on any atom is 0.270 e. The number of aldehydes is 1. The van der Waals surface area contributed by atoms with Crippen LogP contribution in [0.15, 0.2) is 42.0 Å². The number of rotatable bonds is 1. The molecule has 1 aliphatic rings. The third kappa shape index (κ3) is 3.96. The first-order valence-electron chi connectivity index (χ1n) is 8.28. The van der Waals surface area contributed by atoms with E-state index in [2.05, 4.69) is 10.4 Å². The van der Waals surface area contributed by atoms with Crippen molar-refractivity contribution >= 4 is 12.2 Å². The Morgan fingerprint density at radius 2 is 2.16 bits per heavy atom. The largest absolute Gasteiger partial charge is 0.493 e. The predicted molar refractivity (Wildman–Crippen MR) is 94.1 cm³/mol. The topological polar surface area (TPSA) is 73.2 Å². The fraction of sp³-hybridized carbons (Fsp3) is 0.316. The molecule has 1 amide bonds. The van der Waals surface area contributed by atoms with Crippen LogP contribution in [0, 0.1) is 6.92 Å². The molecule has 2 heterocycles. The van der Waals surface area contributed by atoms with Gasteiger partial charge < -0.3 is 14.8 Å². The number of amides is 1. The number of carbonyl (C=O) groups excluding carboxylic acids is 2. The molecular formula is C19H21N3O3. The summed E-state index contributed by atoms with van der Waals surface area (Å²) in [7, 11) is 0. The van der Waals surface area contributed by atoms with Crippen molar-refractivity contribution in [3.8, 4) is 11.4 Å². The fourth-order valence-electron chi connectivity index (χ4n) is 2.71. The quantitative estimate of drug-likeness (QED) is 0.640. The molecular weight excluding hydrogens is 318 g/mol. The first-order valence-corrected chi connectivity index (χ1v) is 8.28. The number of nitrogens with zero attached hydrogens (tertiary/aromatic N) is 2.